The summed E-state index contributed by atoms with van der Waals surface area (Å²) in [4.78, 5) is 13.2. The first-order valence-corrected chi connectivity index (χ1v) is 7.67. The number of hydrogen-bond donors (Lipinski definition) is 0. The van der Waals surface area contributed by atoms with Crippen LogP contribution in [0.1, 0.15) is 34.1 Å². The molecule has 0 spiro atoms. The summed E-state index contributed by atoms with van der Waals surface area (Å²) in [7, 11) is -3.52. The summed E-state index contributed by atoms with van der Waals surface area (Å²) in [6, 6.07) is 0. The van der Waals surface area contributed by atoms with Gasteiger partial charge in [-0.15, -0.1) is 0 Å². The predicted octanol–water partition coefficient (Wildman–Crippen LogP) is 1.36. The molecule has 1 saturated heterocycles. The van der Waals surface area contributed by atoms with Gasteiger partial charge < -0.3 is 9.64 Å². The molecule has 0 N–H and O–H groups in total. The van der Waals surface area contributed by atoms with E-state index in [1.807, 2.05) is 6.92 Å². The second kappa shape index (κ2) is 4.70. The second-order valence-corrected chi connectivity index (χ2v) is 7.24. The zero-order valence-corrected chi connectivity index (χ0v) is 12.3. The fourth-order valence-corrected chi connectivity index (χ4v) is 2.63. The molecule has 0 aromatic heterocycles. The van der Waals surface area contributed by atoms with Crippen molar-refractivity contribution in [2.45, 2.75) is 45.3 Å². The zero-order valence-electron chi connectivity index (χ0n) is 11.5. The molecule has 1 heterocycles. The lowest BCUT2D eigenvalue weighted by Gasteiger charge is -2.47. The minimum Gasteiger partial charge on any atom is -0.444 e. The second-order valence-electron chi connectivity index (χ2n) is 5.66. The SMILES string of the molecule is CCC1(OS(C)(=O)=O)CN(C(=O)OC(C)(C)C)C1. The van der Waals surface area contributed by atoms with Crippen molar-refractivity contribution >= 4 is 16.2 Å². The number of carbonyl (C=O) groups is 1. The third-order valence-corrected chi connectivity index (χ3v) is 3.24. The maximum Gasteiger partial charge on any atom is 0.410 e. The van der Waals surface area contributed by atoms with Gasteiger partial charge in [-0.2, -0.15) is 8.42 Å². The molecule has 0 unspecified atom stereocenters. The van der Waals surface area contributed by atoms with Crippen molar-refractivity contribution in [3.8, 4) is 0 Å². The van der Waals surface area contributed by atoms with Crippen LogP contribution in [0.4, 0.5) is 4.79 Å². The monoisotopic (exact) mass is 279 g/mol. The molecule has 1 aliphatic heterocycles. The van der Waals surface area contributed by atoms with E-state index in [1.54, 1.807) is 20.8 Å². The van der Waals surface area contributed by atoms with Gasteiger partial charge in [0.25, 0.3) is 10.1 Å². The van der Waals surface area contributed by atoms with Gasteiger partial charge in [0.15, 0.2) is 0 Å². The minimum absolute atomic E-state index is 0.242. The first kappa shape index (κ1) is 15.2. The highest BCUT2D eigenvalue weighted by molar-refractivity contribution is 7.86. The molecule has 6 nitrogen and oxygen atoms in total. The van der Waals surface area contributed by atoms with Crippen LogP contribution in [0.25, 0.3) is 0 Å². The molecule has 1 rings (SSSR count). The number of amides is 1. The highest BCUT2D eigenvalue weighted by Crippen LogP contribution is 2.31. The Morgan fingerprint density at radius 3 is 2.17 bits per heavy atom. The van der Waals surface area contributed by atoms with Gasteiger partial charge in [-0.05, 0) is 27.2 Å². The third kappa shape index (κ3) is 4.13. The molecule has 0 atom stereocenters. The van der Waals surface area contributed by atoms with Gasteiger partial charge in [0.2, 0.25) is 0 Å². The minimum atomic E-state index is -3.52. The van der Waals surface area contributed by atoms with Crippen molar-refractivity contribution in [2.75, 3.05) is 19.3 Å². The average Bonchev–Trinajstić information content (AvgIpc) is 2.05. The van der Waals surface area contributed by atoms with Crippen LogP contribution >= 0.6 is 0 Å². The van der Waals surface area contributed by atoms with E-state index in [0.29, 0.717) is 6.42 Å². The Morgan fingerprint density at radius 2 is 1.83 bits per heavy atom. The highest BCUT2D eigenvalue weighted by atomic mass is 32.2. The third-order valence-electron chi connectivity index (χ3n) is 2.58. The fourth-order valence-electron chi connectivity index (χ4n) is 1.76. The number of nitrogens with zero attached hydrogens (tertiary/aromatic N) is 1. The molecule has 106 valence electrons. The normalized spacial score (nSPS) is 19.3. The molecule has 0 aliphatic carbocycles. The summed E-state index contributed by atoms with van der Waals surface area (Å²) in [5.74, 6) is 0. The lowest BCUT2D eigenvalue weighted by atomic mass is 9.92. The van der Waals surface area contributed by atoms with E-state index < -0.39 is 27.4 Å². The zero-order chi connectivity index (χ0) is 14.2. The van der Waals surface area contributed by atoms with Crippen LogP contribution in [0.15, 0.2) is 0 Å². The molecule has 18 heavy (non-hydrogen) atoms. The molecule has 0 radical (unpaired) electrons. The van der Waals surface area contributed by atoms with E-state index in [2.05, 4.69) is 0 Å². The van der Waals surface area contributed by atoms with E-state index in [-0.39, 0.29) is 13.1 Å². The molecular formula is C11H21NO5S. The van der Waals surface area contributed by atoms with Crippen LogP contribution in [0.2, 0.25) is 0 Å². The standard InChI is InChI=1S/C11H21NO5S/c1-6-11(17-18(5,14)15)7-12(8-11)9(13)16-10(2,3)4/h6-8H2,1-5H3. The summed E-state index contributed by atoms with van der Waals surface area (Å²) in [5.41, 5.74) is -1.34. The number of rotatable bonds is 3. The lowest BCUT2D eigenvalue weighted by Crippen LogP contribution is -2.65. The molecule has 0 aromatic rings. The van der Waals surface area contributed by atoms with Gasteiger partial charge in [0.05, 0.1) is 19.3 Å². The molecular weight excluding hydrogens is 258 g/mol. The Kier molecular flexibility index (Phi) is 3.97. The number of carbonyl (C=O) groups excluding carboxylic acids is 1. The predicted molar refractivity (Wildman–Crippen MR) is 66.8 cm³/mol. The van der Waals surface area contributed by atoms with Crippen molar-refractivity contribution in [1.82, 2.24) is 4.90 Å². The fraction of sp³-hybridized carbons (Fsp3) is 0.909. The van der Waals surface area contributed by atoms with Crippen molar-refractivity contribution < 1.29 is 22.1 Å². The van der Waals surface area contributed by atoms with Gasteiger partial charge in [0.1, 0.15) is 11.2 Å². The van der Waals surface area contributed by atoms with Crippen molar-refractivity contribution in [3.63, 3.8) is 0 Å². The van der Waals surface area contributed by atoms with Crippen molar-refractivity contribution in [2.24, 2.45) is 0 Å². The number of hydrogen-bond acceptors (Lipinski definition) is 5. The smallest absolute Gasteiger partial charge is 0.410 e. The summed E-state index contributed by atoms with van der Waals surface area (Å²) in [6.45, 7) is 7.66. The van der Waals surface area contributed by atoms with Crippen LogP contribution in [0.3, 0.4) is 0 Å². The molecule has 1 fully saturated rings. The molecule has 1 aliphatic rings. The molecule has 0 bridgehead atoms. The molecule has 0 saturated carbocycles. The first-order chi connectivity index (χ1) is 7.96. The molecule has 1 amide bonds. The summed E-state index contributed by atoms with van der Waals surface area (Å²) in [6.07, 6.45) is 1.10. The van der Waals surface area contributed by atoms with Crippen LogP contribution < -0.4 is 0 Å². The van der Waals surface area contributed by atoms with Gasteiger partial charge >= 0.3 is 6.09 Å². The lowest BCUT2D eigenvalue weighted by molar-refractivity contribution is -0.0799. The Morgan fingerprint density at radius 1 is 1.33 bits per heavy atom. The Labute approximate surface area is 108 Å². The van der Waals surface area contributed by atoms with Gasteiger partial charge in [0, 0.05) is 0 Å². The van der Waals surface area contributed by atoms with E-state index in [1.165, 1.54) is 4.90 Å². The quantitative estimate of drug-likeness (QED) is 0.729. The van der Waals surface area contributed by atoms with Crippen LogP contribution in [-0.2, 0) is 19.0 Å². The Bertz CT molecular complexity index is 417. The maximum atomic E-state index is 11.7. The Hall–Kier alpha value is -0.820. The summed E-state index contributed by atoms with van der Waals surface area (Å²) < 4.78 is 32.5. The molecule has 0 aromatic carbocycles. The maximum absolute atomic E-state index is 11.7. The molecule has 7 heteroatoms. The van der Waals surface area contributed by atoms with Crippen molar-refractivity contribution in [3.05, 3.63) is 0 Å². The van der Waals surface area contributed by atoms with Crippen LogP contribution in [0.5, 0.6) is 0 Å². The topological polar surface area (TPSA) is 72.9 Å². The van der Waals surface area contributed by atoms with E-state index in [0.717, 1.165) is 6.26 Å². The summed E-state index contributed by atoms with van der Waals surface area (Å²) in [5, 5.41) is 0. The Balaban J connectivity index is 2.58. The summed E-state index contributed by atoms with van der Waals surface area (Å²) >= 11 is 0. The van der Waals surface area contributed by atoms with Gasteiger partial charge in [-0.3, -0.25) is 4.18 Å². The number of likely N-dealkylation sites (tertiary alicyclic amines) is 1. The highest BCUT2D eigenvalue weighted by Gasteiger charge is 2.48. The van der Waals surface area contributed by atoms with E-state index in [9.17, 15) is 13.2 Å². The first-order valence-electron chi connectivity index (χ1n) is 5.85. The van der Waals surface area contributed by atoms with Gasteiger partial charge in [-0.1, -0.05) is 6.92 Å². The van der Waals surface area contributed by atoms with E-state index in [4.69, 9.17) is 8.92 Å². The van der Waals surface area contributed by atoms with E-state index >= 15 is 0 Å². The van der Waals surface area contributed by atoms with Gasteiger partial charge in [-0.25, -0.2) is 4.79 Å². The van der Waals surface area contributed by atoms with Crippen LogP contribution in [0, 0.1) is 0 Å². The van der Waals surface area contributed by atoms with Crippen molar-refractivity contribution in [1.29, 1.82) is 0 Å². The largest absolute Gasteiger partial charge is 0.444 e. The number of ether oxygens (including phenoxy) is 1. The average molecular weight is 279 g/mol. The van der Waals surface area contributed by atoms with Crippen LogP contribution in [-0.4, -0.2) is 50.0 Å².